The number of nitrogens with zero attached hydrogens (tertiary/aromatic N) is 4. The number of ether oxygens (including phenoxy) is 1. The summed E-state index contributed by atoms with van der Waals surface area (Å²) >= 11 is 0. The maximum atomic E-state index is 13.2. The fraction of sp³-hybridized carbons (Fsp3) is 0.655. The van der Waals surface area contributed by atoms with Crippen molar-refractivity contribution in [2.24, 2.45) is 0 Å². The third-order valence-corrected chi connectivity index (χ3v) is 8.94. The van der Waals surface area contributed by atoms with E-state index in [1.54, 1.807) is 17.2 Å². The van der Waals surface area contributed by atoms with E-state index in [1.165, 1.54) is 12.3 Å². The zero-order chi connectivity index (χ0) is 30.3. The molecule has 0 atom stereocenters. The minimum absolute atomic E-state index is 0.0652. The van der Waals surface area contributed by atoms with Crippen LogP contribution in [0.3, 0.4) is 0 Å². The Morgan fingerprint density at radius 2 is 1.76 bits per heavy atom. The molecule has 1 aliphatic carbocycles. The number of aliphatic hydroxyl groups is 1. The Kier molecular flexibility index (Phi) is 10.6. The highest BCUT2D eigenvalue weighted by molar-refractivity contribution is 7.89. The Morgan fingerprint density at radius 1 is 1.05 bits per heavy atom. The van der Waals surface area contributed by atoms with Crippen molar-refractivity contribution in [3.8, 4) is 11.3 Å². The number of carbonyl (C=O) groups excluding carboxylic acids is 1. The van der Waals surface area contributed by atoms with Gasteiger partial charge in [0.1, 0.15) is 16.3 Å². The number of hydrogen-bond donors (Lipinski definition) is 4. The summed E-state index contributed by atoms with van der Waals surface area (Å²) in [5, 5.41) is 16.7. The van der Waals surface area contributed by atoms with Gasteiger partial charge in [-0.05, 0) is 77.8 Å². The summed E-state index contributed by atoms with van der Waals surface area (Å²) in [5.41, 5.74) is 0.650. The van der Waals surface area contributed by atoms with Gasteiger partial charge in [-0.25, -0.2) is 22.9 Å². The van der Waals surface area contributed by atoms with Crippen molar-refractivity contribution < 1.29 is 23.1 Å². The molecule has 2 aliphatic rings. The molecule has 4 N–H and O–H groups in total. The van der Waals surface area contributed by atoms with Gasteiger partial charge in [0.2, 0.25) is 16.0 Å². The molecule has 1 saturated heterocycles. The number of aromatic nitrogens is 3. The number of anilines is 2. The van der Waals surface area contributed by atoms with Crippen LogP contribution in [0.5, 0.6) is 0 Å². The fourth-order valence-corrected chi connectivity index (χ4v) is 6.30. The fourth-order valence-electron chi connectivity index (χ4n) is 5.05. The lowest BCUT2D eigenvalue weighted by Gasteiger charge is -2.33. The molecule has 2 fully saturated rings. The molecule has 0 spiro atoms. The number of carbonyl (C=O) groups is 1. The standard InChI is InChI=1S/C29H45N7O5S/c1-5-6-15-30-27-32-19-24(26(34-27)33-20-7-9-22(37)10-8-20)25-12-11-23(18-31-25)42(39,40)35-21-13-16-36(17-14-21)28(38)41-29(2,3)4/h11-12,18-22,35,37H,5-10,13-17H2,1-4H3,(H2,30,32,33,34). The molecule has 1 saturated carbocycles. The molecule has 1 aliphatic heterocycles. The van der Waals surface area contributed by atoms with E-state index in [4.69, 9.17) is 9.72 Å². The van der Waals surface area contributed by atoms with E-state index < -0.39 is 15.6 Å². The van der Waals surface area contributed by atoms with E-state index >= 15 is 0 Å². The minimum Gasteiger partial charge on any atom is -0.444 e. The molecule has 2 aromatic heterocycles. The average Bonchev–Trinajstić information content (AvgIpc) is 2.94. The maximum absolute atomic E-state index is 13.2. The van der Waals surface area contributed by atoms with Gasteiger partial charge in [-0.1, -0.05) is 13.3 Å². The molecule has 232 valence electrons. The van der Waals surface area contributed by atoms with Gasteiger partial charge in [-0.3, -0.25) is 4.98 Å². The summed E-state index contributed by atoms with van der Waals surface area (Å²) in [6, 6.07) is 3.07. The lowest BCUT2D eigenvalue weighted by Crippen LogP contribution is -2.47. The Morgan fingerprint density at radius 3 is 2.38 bits per heavy atom. The van der Waals surface area contributed by atoms with Gasteiger partial charge >= 0.3 is 6.09 Å². The van der Waals surface area contributed by atoms with E-state index in [-0.39, 0.29) is 29.2 Å². The Hall–Kier alpha value is -3.03. The van der Waals surface area contributed by atoms with Crippen molar-refractivity contribution in [1.82, 2.24) is 24.6 Å². The number of nitrogens with one attached hydrogen (secondary N) is 3. The SMILES string of the molecule is CCCCNc1ncc(-c2ccc(S(=O)(=O)NC3CCN(C(=O)OC(C)(C)C)CC3)cn2)c(NC2CCC(O)CC2)n1. The molecule has 13 heteroatoms. The van der Waals surface area contributed by atoms with E-state index in [1.807, 2.05) is 20.8 Å². The van der Waals surface area contributed by atoms with Crippen LogP contribution in [0.25, 0.3) is 11.3 Å². The van der Waals surface area contributed by atoms with E-state index in [0.717, 1.165) is 45.1 Å². The third kappa shape index (κ3) is 8.98. The smallest absolute Gasteiger partial charge is 0.410 e. The number of aliphatic hydroxyl groups excluding tert-OH is 1. The highest BCUT2D eigenvalue weighted by Gasteiger charge is 2.29. The number of rotatable bonds is 10. The van der Waals surface area contributed by atoms with Crippen molar-refractivity contribution in [2.75, 3.05) is 30.3 Å². The van der Waals surface area contributed by atoms with Gasteiger partial charge in [0, 0.05) is 44.1 Å². The second kappa shape index (κ2) is 14.0. The van der Waals surface area contributed by atoms with Crippen molar-refractivity contribution >= 4 is 27.9 Å². The Bertz CT molecular complexity index is 1280. The lowest BCUT2D eigenvalue weighted by atomic mass is 9.93. The molecular weight excluding hydrogens is 558 g/mol. The van der Waals surface area contributed by atoms with Gasteiger partial charge < -0.3 is 25.4 Å². The number of piperidine rings is 1. The van der Waals surface area contributed by atoms with Crippen molar-refractivity contribution in [3.05, 3.63) is 24.5 Å². The van der Waals surface area contributed by atoms with Crippen molar-refractivity contribution in [3.63, 3.8) is 0 Å². The average molecular weight is 604 g/mol. The largest absolute Gasteiger partial charge is 0.444 e. The highest BCUT2D eigenvalue weighted by atomic mass is 32.2. The number of sulfonamides is 1. The zero-order valence-electron chi connectivity index (χ0n) is 25.1. The summed E-state index contributed by atoms with van der Waals surface area (Å²) in [7, 11) is -3.81. The quantitative estimate of drug-likeness (QED) is 0.291. The summed E-state index contributed by atoms with van der Waals surface area (Å²) in [6.07, 6.45) is 8.58. The summed E-state index contributed by atoms with van der Waals surface area (Å²) < 4.78 is 34.5. The number of pyridine rings is 1. The molecule has 12 nitrogen and oxygen atoms in total. The second-order valence-electron chi connectivity index (χ2n) is 12.1. The van der Waals surface area contributed by atoms with Gasteiger partial charge in [0.15, 0.2) is 0 Å². The van der Waals surface area contributed by atoms with Crippen LogP contribution in [0.1, 0.15) is 79.1 Å². The number of likely N-dealkylation sites (tertiary alicyclic amines) is 1. The molecule has 42 heavy (non-hydrogen) atoms. The minimum atomic E-state index is -3.81. The van der Waals surface area contributed by atoms with Crippen LogP contribution in [0, 0.1) is 0 Å². The second-order valence-corrected chi connectivity index (χ2v) is 13.8. The van der Waals surface area contributed by atoms with Gasteiger partial charge in [-0.15, -0.1) is 0 Å². The Labute approximate surface area is 249 Å². The summed E-state index contributed by atoms with van der Waals surface area (Å²) in [4.78, 5) is 27.7. The molecule has 0 aromatic carbocycles. The van der Waals surface area contributed by atoms with Crippen LogP contribution in [0.15, 0.2) is 29.4 Å². The van der Waals surface area contributed by atoms with Crippen LogP contribution in [0.4, 0.5) is 16.6 Å². The summed E-state index contributed by atoms with van der Waals surface area (Å²) in [5.74, 6) is 1.15. The molecule has 0 unspecified atom stereocenters. The number of hydrogen-bond acceptors (Lipinski definition) is 10. The monoisotopic (exact) mass is 603 g/mol. The van der Waals surface area contributed by atoms with E-state index in [9.17, 15) is 18.3 Å². The van der Waals surface area contributed by atoms with Crippen molar-refractivity contribution in [1.29, 1.82) is 0 Å². The van der Waals surface area contributed by atoms with Crippen LogP contribution in [-0.4, -0.2) is 82.9 Å². The normalized spacial score (nSPS) is 20.3. The number of unbranched alkanes of at least 4 members (excludes halogenated alkanes) is 1. The van der Waals surface area contributed by atoms with Crippen molar-refractivity contribution in [2.45, 2.75) is 108 Å². The lowest BCUT2D eigenvalue weighted by molar-refractivity contribution is 0.0203. The Balaban J connectivity index is 1.43. The predicted octanol–water partition coefficient (Wildman–Crippen LogP) is 4.14. The molecular formula is C29H45N7O5S. The van der Waals surface area contributed by atoms with Crippen LogP contribution in [0.2, 0.25) is 0 Å². The van der Waals surface area contributed by atoms with Crippen LogP contribution >= 0.6 is 0 Å². The maximum Gasteiger partial charge on any atom is 0.410 e. The first-order valence-corrected chi connectivity index (χ1v) is 16.4. The van der Waals surface area contributed by atoms with Gasteiger partial charge in [0.25, 0.3) is 0 Å². The van der Waals surface area contributed by atoms with Gasteiger partial charge in [0.05, 0.1) is 17.4 Å². The molecule has 0 radical (unpaired) electrons. The van der Waals surface area contributed by atoms with Crippen LogP contribution in [-0.2, 0) is 14.8 Å². The number of amides is 1. The first kappa shape index (κ1) is 31.9. The predicted molar refractivity (Wildman–Crippen MR) is 162 cm³/mol. The van der Waals surface area contributed by atoms with E-state index in [0.29, 0.717) is 49.0 Å². The first-order chi connectivity index (χ1) is 19.9. The molecule has 0 bridgehead atoms. The zero-order valence-corrected chi connectivity index (χ0v) is 25.9. The highest BCUT2D eigenvalue weighted by Crippen LogP contribution is 2.29. The van der Waals surface area contributed by atoms with Gasteiger partial charge in [-0.2, -0.15) is 4.98 Å². The van der Waals surface area contributed by atoms with E-state index in [2.05, 4.69) is 32.2 Å². The molecule has 1 amide bonds. The summed E-state index contributed by atoms with van der Waals surface area (Å²) in [6.45, 7) is 9.17. The molecule has 3 heterocycles. The third-order valence-electron chi connectivity index (χ3n) is 7.43. The van der Waals surface area contributed by atoms with Crippen LogP contribution < -0.4 is 15.4 Å². The topological polar surface area (TPSA) is 159 Å². The molecule has 2 aromatic rings. The first-order valence-electron chi connectivity index (χ1n) is 15.0. The molecule has 4 rings (SSSR count).